The molecular formula is C20H25N7. The van der Waals surface area contributed by atoms with Gasteiger partial charge in [0, 0.05) is 12.1 Å². The fourth-order valence-corrected chi connectivity index (χ4v) is 2.94. The Kier molecular flexibility index (Phi) is 6.65. The minimum absolute atomic E-state index is 0.506. The second kappa shape index (κ2) is 9.59. The van der Waals surface area contributed by atoms with Crippen LogP contribution in [-0.4, -0.2) is 45.2 Å². The van der Waals surface area contributed by atoms with Gasteiger partial charge in [-0.15, -0.1) is 10.2 Å². The van der Waals surface area contributed by atoms with E-state index in [9.17, 15) is 0 Å². The summed E-state index contributed by atoms with van der Waals surface area (Å²) in [6, 6.07) is 5.97. The number of hydrogen-bond donors (Lipinski definition) is 3. The summed E-state index contributed by atoms with van der Waals surface area (Å²) in [6.45, 7) is 11.1. The number of nitrogens with zero attached hydrogens (tertiary/aromatic N) is 4. The highest BCUT2D eigenvalue weighted by Crippen LogP contribution is 2.19. The quantitative estimate of drug-likeness (QED) is 0.625. The number of hydrogen-bond acceptors (Lipinski definition) is 6. The van der Waals surface area contributed by atoms with Crippen LogP contribution in [0.25, 0.3) is 11.6 Å². The lowest BCUT2D eigenvalue weighted by Crippen LogP contribution is -2.31. The molecule has 0 amide bonds. The maximum Gasteiger partial charge on any atom is 0.197 e. The van der Waals surface area contributed by atoms with Gasteiger partial charge in [0.1, 0.15) is 5.82 Å². The number of pyridine rings is 1. The van der Waals surface area contributed by atoms with Gasteiger partial charge in [0.15, 0.2) is 5.82 Å². The standard InChI is InChI=1S/C20H25N7/c1-3-17(13-15(2)7-8-20-24-26-27-25-20)18-5-4-6-19(23-18)22-14-16-9-11-21-12-10-16/h3-8,13,16,21H,1-2,9-12,14H2,(H,22,23)(H,24,25,26,27)/b8-7+,17-13+. The second-order valence-corrected chi connectivity index (χ2v) is 6.46. The number of tetrazole rings is 1. The Morgan fingerprint density at radius 2 is 2.15 bits per heavy atom. The molecule has 140 valence electrons. The Balaban J connectivity index is 1.65. The van der Waals surface area contributed by atoms with Gasteiger partial charge in [-0.25, -0.2) is 4.98 Å². The van der Waals surface area contributed by atoms with E-state index >= 15 is 0 Å². The molecule has 2 aromatic rings. The molecule has 1 aliphatic rings. The van der Waals surface area contributed by atoms with E-state index in [1.165, 1.54) is 12.8 Å². The Labute approximate surface area is 159 Å². The van der Waals surface area contributed by atoms with E-state index in [1.807, 2.05) is 30.4 Å². The second-order valence-electron chi connectivity index (χ2n) is 6.46. The molecule has 0 unspecified atom stereocenters. The van der Waals surface area contributed by atoms with Crippen molar-refractivity contribution in [3.05, 3.63) is 66.7 Å². The molecule has 3 N–H and O–H groups in total. The highest BCUT2D eigenvalue weighted by Gasteiger charge is 2.12. The third-order valence-corrected chi connectivity index (χ3v) is 4.44. The number of aromatic nitrogens is 5. The van der Waals surface area contributed by atoms with Gasteiger partial charge in [-0.05, 0) is 66.9 Å². The summed E-state index contributed by atoms with van der Waals surface area (Å²) in [5.41, 5.74) is 2.56. The van der Waals surface area contributed by atoms with Crippen molar-refractivity contribution in [2.45, 2.75) is 12.8 Å². The van der Waals surface area contributed by atoms with Crippen molar-refractivity contribution in [2.75, 3.05) is 25.0 Å². The van der Waals surface area contributed by atoms with Crippen LogP contribution < -0.4 is 10.6 Å². The molecule has 1 aliphatic heterocycles. The molecule has 0 radical (unpaired) electrons. The van der Waals surface area contributed by atoms with Crippen molar-refractivity contribution >= 4 is 17.5 Å². The first-order valence-corrected chi connectivity index (χ1v) is 9.11. The molecule has 0 aromatic carbocycles. The highest BCUT2D eigenvalue weighted by atomic mass is 15.5. The van der Waals surface area contributed by atoms with Gasteiger partial charge < -0.3 is 10.6 Å². The van der Waals surface area contributed by atoms with Crippen molar-refractivity contribution in [1.82, 2.24) is 30.9 Å². The maximum atomic E-state index is 4.72. The van der Waals surface area contributed by atoms with E-state index < -0.39 is 0 Å². The van der Waals surface area contributed by atoms with E-state index in [2.05, 4.69) is 44.4 Å². The third kappa shape index (κ3) is 5.72. The smallest absolute Gasteiger partial charge is 0.197 e. The predicted molar refractivity (Wildman–Crippen MR) is 109 cm³/mol. The molecule has 0 spiro atoms. The lowest BCUT2D eigenvalue weighted by atomic mass is 9.98. The third-order valence-electron chi connectivity index (χ3n) is 4.44. The van der Waals surface area contributed by atoms with E-state index in [0.29, 0.717) is 11.7 Å². The predicted octanol–water partition coefficient (Wildman–Crippen LogP) is 2.85. The Hall–Kier alpha value is -3.06. The average Bonchev–Trinajstić information content (AvgIpc) is 3.23. The Morgan fingerprint density at radius 3 is 2.89 bits per heavy atom. The Bertz CT molecular complexity index is 815. The normalized spacial score (nSPS) is 15.8. The molecule has 3 rings (SSSR count). The SMILES string of the molecule is C=C/C(=C\C(=C)/C=C/c1nn[nH]n1)c1cccc(NCC2CCNCC2)n1. The zero-order valence-corrected chi connectivity index (χ0v) is 15.4. The number of rotatable bonds is 8. The van der Waals surface area contributed by atoms with Crippen LogP contribution in [0.2, 0.25) is 0 Å². The molecule has 0 bridgehead atoms. The molecule has 0 atom stereocenters. The number of piperidine rings is 1. The summed E-state index contributed by atoms with van der Waals surface area (Å²) >= 11 is 0. The fourth-order valence-electron chi connectivity index (χ4n) is 2.94. The van der Waals surface area contributed by atoms with Crippen molar-refractivity contribution in [3.8, 4) is 0 Å². The molecule has 2 aromatic heterocycles. The molecule has 0 saturated carbocycles. The number of allylic oxidation sites excluding steroid dienone is 5. The van der Waals surface area contributed by atoms with Crippen LogP contribution in [0, 0.1) is 5.92 Å². The van der Waals surface area contributed by atoms with Gasteiger partial charge in [-0.2, -0.15) is 5.21 Å². The maximum absolute atomic E-state index is 4.72. The van der Waals surface area contributed by atoms with Crippen LogP contribution in [0.1, 0.15) is 24.4 Å². The first-order valence-electron chi connectivity index (χ1n) is 9.11. The van der Waals surface area contributed by atoms with Crippen LogP contribution >= 0.6 is 0 Å². The van der Waals surface area contributed by atoms with Crippen molar-refractivity contribution in [3.63, 3.8) is 0 Å². The van der Waals surface area contributed by atoms with E-state index in [-0.39, 0.29) is 0 Å². The molecule has 7 nitrogen and oxygen atoms in total. The average molecular weight is 363 g/mol. The summed E-state index contributed by atoms with van der Waals surface area (Å²) in [5, 5.41) is 20.5. The van der Waals surface area contributed by atoms with Gasteiger partial charge in [0.05, 0.1) is 5.69 Å². The van der Waals surface area contributed by atoms with Crippen LogP contribution in [0.3, 0.4) is 0 Å². The molecular weight excluding hydrogens is 338 g/mol. The molecule has 7 heteroatoms. The summed E-state index contributed by atoms with van der Waals surface area (Å²) < 4.78 is 0. The molecule has 27 heavy (non-hydrogen) atoms. The Morgan fingerprint density at radius 1 is 1.30 bits per heavy atom. The number of aromatic amines is 1. The zero-order chi connectivity index (χ0) is 18.9. The highest BCUT2D eigenvalue weighted by molar-refractivity contribution is 5.75. The molecule has 1 saturated heterocycles. The lowest BCUT2D eigenvalue weighted by molar-refractivity contribution is 0.389. The van der Waals surface area contributed by atoms with Gasteiger partial charge in [0.2, 0.25) is 0 Å². The number of anilines is 1. The minimum Gasteiger partial charge on any atom is -0.370 e. The van der Waals surface area contributed by atoms with E-state index in [4.69, 9.17) is 4.98 Å². The lowest BCUT2D eigenvalue weighted by Gasteiger charge is -2.23. The number of nitrogens with one attached hydrogen (secondary N) is 3. The van der Waals surface area contributed by atoms with Crippen LogP contribution in [-0.2, 0) is 0 Å². The van der Waals surface area contributed by atoms with Gasteiger partial charge >= 0.3 is 0 Å². The summed E-state index contributed by atoms with van der Waals surface area (Å²) in [7, 11) is 0. The van der Waals surface area contributed by atoms with E-state index in [0.717, 1.165) is 42.3 Å². The minimum atomic E-state index is 0.506. The van der Waals surface area contributed by atoms with Crippen LogP contribution in [0.4, 0.5) is 5.82 Å². The van der Waals surface area contributed by atoms with Gasteiger partial charge in [-0.3, -0.25) is 0 Å². The largest absolute Gasteiger partial charge is 0.370 e. The first kappa shape index (κ1) is 18.7. The van der Waals surface area contributed by atoms with Gasteiger partial charge in [0.25, 0.3) is 0 Å². The fraction of sp³-hybridized carbons (Fsp3) is 0.300. The van der Waals surface area contributed by atoms with Crippen molar-refractivity contribution in [1.29, 1.82) is 0 Å². The summed E-state index contributed by atoms with van der Waals surface area (Å²) in [6.07, 6.45) is 9.70. The van der Waals surface area contributed by atoms with E-state index in [1.54, 1.807) is 12.2 Å². The summed E-state index contributed by atoms with van der Waals surface area (Å²) in [4.78, 5) is 4.72. The molecule has 3 heterocycles. The van der Waals surface area contributed by atoms with Gasteiger partial charge in [-0.1, -0.05) is 31.4 Å². The topological polar surface area (TPSA) is 91.4 Å². The number of H-pyrrole nitrogens is 1. The summed E-state index contributed by atoms with van der Waals surface area (Å²) in [5.74, 6) is 2.08. The zero-order valence-electron chi connectivity index (χ0n) is 15.4. The molecule has 0 aliphatic carbocycles. The molecule has 1 fully saturated rings. The van der Waals surface area contributed by atoms with Crippen molar-refractivity contribution in [2.24, 2.45) is 5.92 Å². The van der Waals surface area contributed by atoms with Crippen LogP contribution in [0.15, 0.2) is 55.2 Å². The first-order chi connectivity index (χ1) is 13.2. The van der Waals surface area contributed by atoms with Crippen LogP contribution in [0.5, 0.6) is 0 Å². The monoisotopic (exact) mass is 363 g/mol. The van der Waals surface area contributed by atoms with Crippen molar-refractivity contribution < 1.29 is 0 Å².